The third kappa shape index (κ3) is 5.23. The molecule has 0 unspecified atom stereocenters. The summed E-state index contributed by atoms with van der Waals surface area (Å²) < 4.78 is 16.4. The van der Waals surface area contributed by atoms with E-state index in [2.05, 4.69) is 37.0 Å². The van der Waals surface area contributed by atoms with Gasteiger partial charge in [-0.2, -0.15) is 4.76 Å². The number of nitrogens with zero attached hydrogens (tertiary/aromatic N) is 4. The molecule has 0 saturated carbocycles. The van der Waals surface area contributed by atoms with Crippen molar-refractivity contribution < 1.29 is 9.53 Å². The SMILES string of the molecule is CCOC(=O)Cn1ccs/c1=N\P(=S)(N(CC)CC)N(CC)CC. The van der Waals surface area contributed by atoms with E-state index in [1.807, 2.05) is 23.1 Å². The number of carbonyl (C=O) groups excluding carboxylic acids is 1. The second kappa shape index (κ2) is 10.5. The summed E-state index contributed by atoms with van der Waals surface area (Å²) in [6.45, 7) is 12.0. The fourth-order valence-electron chi connectivity index (χ4n) is 2.44. The van der Waals surface area contributed by atoms with Crippen LogP contribution in [0.25, 0.3) is 0 Å². The number of hydrogen-bond donors (Lipinski definition) is 0. The normalized spacial score (nSPS) is 13.0. The summed E-state index contributed by atoms with van der Waals surface area (Å²) in [5.41, 5.74) is 0. The molecule has 0 aliphatic heterocycles. The number of carbonyl (C=O) groups is 1. The van der Waals surface area contributed by atoms with Crippen molar-refractivity contribution in [1.29, 1.82) is 0 Å². The zero-order chi connectivity index (χ0) is 18.2. The van der Waals surface area contributed by atoms with Gasteiger partial charge in [-0.1, -0.05) is 27.7 Å². The molecular formula is C15H29N4O2PS2. The Morgan fingerprint density at radius 3 is 2.21 bits per heavy atom. The van der Waals surface area contributed by atoms with Crippen molar-refractivity contribution in [1.82, 2.24) is 13.9 Å². The molecule has 0 amide bonds. The second-order valence-corrected chi connectivity index (χ2v) is 9.71. The maximum Gasteiger partial charge on any atom is 0.326 e. The van der Waals surface area contributed by atoms with Gasteiger partial charge in [0.05, 0.1) is 6.61 Å². The first-order valence-electron chi connectivity index (χ1n) is 8.43. The van der Waals surface area contributed by atoms with E-state index in [0.29, 0.717) is 6.61 Å². The van der Waals surface area contributed by atoms with Crippen molar-refractivity contribution in [2.24, 2.45) is 4.76 Å². The van der Waals surface area contributed by atoms with Crippen LogP contribution < -0.4 is 4.80 Å². The molecule has 9 heteroatoms. The number of esters is 1. The van der Waals surface area contributed by atoms with E-state index in [0.717, 1.165) is 31.0 Å². The first-order valence-corrected chi connectivity index (χ1v) is 12.0. The van der Waals surface area contributed by atoms with Crippen molar-refractivity contribution in [3.63, 3.8) is 0 Å². The first-order chi connectivity index (χ1) is 11.5. The van der Waals surface area contributed by atoms with Crippen molar-refractivity contribution >= 4 is 35.6 Å². The summed E-state index contributed by atoms with van der Waals surface area (Å²) in [4.78, 5) is 12.6. The molecule has 0 saturated heterocycles. The van der Waals surface area contributed by atoms with E-state index in [1.54, 1.807) is 0 Å². The van der Waals surface area contributed by atoms with Gasteiger partial charge in [-0.15, -0.1) is 11.3 Å². The molecule has 0 aliphatic rings. The highest BCUT2D eigenvalue weighted by Gasteiger charge is 2.29. The fourth-order valence-corrected chi connectivity index (χ4v) is 7.76. The minimum atomic E-state index is -2.25. The third-order valence-corrected chi connectivity index (χ3v) is 9.29. The van der Waals surface area contributed by atoms with Crippen LogP contribution in [0.1, 0.15) is 34.6 Å². The van der Waals surface area contributed by atoms with Gasteiger partial charge < -0.3 is 9.30 Å². The van der Waals surface area contributed by atoms with Crippen LogP contribution in [-0.2, 0) is 27.9 Å². The first kappa shape index (κ1) is 21.5. The lowest BCUT2D eigenvalue weighted by atomic mass is 10.6. The maximum atomic E-state index is 11.8. The average Bonchev–Trinajstić information content (AvgIpc) is 2.96. The van der Waals surface area contributed by atoms with Crippen molar-refractivity contribution in [3.05, 3.63) is 16.4 Å². The third-order valence-electron chi connectivity index (χ3n) is 3.68. The van der Waals surface area contributed by atoms with Crippen LogP contribution in [-0.4, -0.2) is 52.7 Å². The Balaban J connectivity index is 3.32. The van der Waals surface area contributed by atoms with Crippen LogP contribution >= 0.6 is 17.8 Å². The molecule has 1 heterocycles. The molecule has 0 fully saturated rings. The highest BCUT2D eigenvalue weighted by Crippen LogP contribution is 2.54. The predicted molar refractivity (Wildman–Crippen MR) is 105 cm³/mol. The molecule has 0 spiro atoms. The molecule has 24 heavy (non-hydrogen) atoms. The van der Waals surface area contributed by atoms with Gasteiger partial charge in [-0.05, 0) is 18.7 Å². The standard InChI is InChI=1S/C15H29N4O2PS2/c1-6-18(7-2)22(23,19(8-3)9-4)16-15-17(11-12-24-15)13-14(20)21-10-5/h11-12H,6-10,13H2,1-5H3/b16-15-. The highest BCUT2D eigenvalue weighted by molar-refractivity contribution is 8.11. The van der Waals surface area contributed by atoms with E-state index in [-0.39, 0.29) is 12.5 Å². The Bertz CT molecular complexity index is 605. The molecule has 138 valence electrons. The van der Waals surface area contributed by atoms with Crippen LogP contribution in [0, 0.1) is 0 Å². The molecule has 1 aromatic rings. The lowest BCUT2D eigenvalue weighted by Gasteiger charge is -2.37. The zero-order valence-electron chi connectivity index (χ0n) is 15.3. The molecule has 0 radical (unpaired) electrons. The van der Waals surface area contributed by atoms with Gasteiger partial charge >= 0.3 is 5.97 Å². The Kier molecular flexibility index (Phi) is 9.37. The summed E-state index contributed by atoms with van der Waals surface area (Å²) in [5.74, 6) is -0.253. The smallest absolute Gasteiger partial charge is 0.326 e. The highest BCUT2D eigenvalue weighted by atomic mass is 32.4. The molecule has 0 bridgehead atoms. The van der Waals surface area contributed by atoms with Crippen molar-refractivity contribution in [3.8, 4) is 0 Å². The summed E-state index contributed by atoms with van der Waals surface area (Å²) in [5, 5.41) is 1.93. The van der Waals surface area contributed by atoms with Gasteiger partial charge in [0.15, 0.2) is 11.3 Å². The molecule has 0 atom stereocenters. The summed E-state index contributed by atoms with van der Waals surface area (Å²) in [6.07, 6.45) is 1.87. The van der Waals surface area contributed by atoms with Gasteiger partial charge in [0.2, 0.25) is 0 Å². The number of rotatable bonds is 10. The maximum absolute atomic E-state index is 11.8. The number of ether oxygens (including phenoxy) is 1. The van der Waals surface area contributed by atoms with Crippen LogP contribution in [0.2, 0.25) is 0 Å². The van der Waals surface area contributed by atoms with E-state index < -0.39 is 6.49 Å². The van der Waals surface area contributed by atoms with E-state index in [4.69, 9.17) is 21.3 Å². The van der Waals surface area contributed by atoms with Crippen LogP contribution in [0.4, 0.5) is 0 Å². The molecule has 1 aromatic heterocycles. The zero-order valence-corrected chi connectivity index (χ0v) is 17.8. The Labute approximate surface area is 154 Å². The monoisotopic (exact) mass is 392 g/mol. The number of hydrogen-bond acceptors (Lipinski definition) is 4. The molecule has 0 N–H and O–H groups in total. The molecule has 0 aromatic carbocycles. The van der Waals surface area contributed by atoms with E-state index >= 15 is 0 Å². The topological polar surface area (TPSA) is 50.1 Å². The Hall–Kier alpha value is -0.530. The lowest BCUT2D eigenvalue weighted by Crippen LogP contribution is -2.32. The summed E-state index contributed by atoms with van der Waals surface area (Å²) >= 11 is 7.60. The Morgan fingerprint density at radius 1 is 1.21 bits per heavy atom. The van der Waals surface area contributed by atoms with E-state index in [1.165, 1.54) is 11.3 Å². The number of aromatic nitrogens is 1. The quantitative estimate of drug-likeness (QED) is 0.453. The number of thiazole rings is 1. The van der Waals surface area contributed by atoms with Gasteiger partial charge in [0, 0.05) is 37.8 Å². The summed E-state index contributed by atoms with van der Waals surface area (Å²) in [7, 11) is 0. The fraction of sp³-hybridized carbons (Fsp3) is 0.733. The van der Waals surface area contributed by atoms with Crippen molar-refractivity contribution in [2.75, 3.05) is 32.8 Å². The molecule has 1 rings (SSSR count). The van der Waals surface area contributed by atoms with Gasteiger partial charge in [-0.3, -0.25) is 4.79 Å². The lowest BCUT2D eigenvalue weighted by molar-refractivity contribution is -0.143. The van der Waals surface area contributed by atoms with Crippen LogP contribution in [0.5, 0.6) is 0 Å². The van der Waals surface area contributed by atoms with Gasteiger partial charge in [0.25, 0.3) is 0 Å². The summed E-state index contributed by atoms with van der Waals surface area (Å²) in [6, 6.07) is 0. The van der Waals surface area contributed by atoms with Crippen LogP contribution in [0.3, 0.4) is 0 Å². The largest absolute Gasteiger partial charge is 0.465 e. The Morgan fingerprint density at radius 2 is 1.75 bits per heavy atom. The van der Waals surface area contributed by atoms with Crippen LogP contribution in [0.15, 0.2) is 16.3 Å². The average molecular weight is 393 g/mol. The second-order valence-electron chi connectivity index (χ2n) is 5.01. The predicted octanol–water partition coefficient (Wildman–Crippen LogP) is 2.92. The van der Waals surface area contributed by atoms with E-state index in [9.17, 15) is 4.79 Å². The molecule has 0 aliphatic carbocycles. The molecule has 6 nitrogen and oxygen atoms in total. The van der Waals surface area contributed by atoms with Crippen molar-refractivity contribution in [2.45, 2.75) is 41.2 Å². The van der Waals surface area contributed by atoms with Gasteiger partial charge in [0.1, 0.15) is 6.54 Å². The van der Waals surface area contributed by atoms with Gasteiger partial charge in [-0.25, -0.2) is 9.34 Å². The minimum absolute atomic E-state index is 0.169. The molecular weight excluding hydrogens is 363 g/mol. The minimum Gasteiger partial charge on any atom is -0.465 e.